The predicted octanol–water partition coefficient (Wildman–Crippen LogP) is 4.14. The van der Waals surface area contributed by atoms with Crippen LogP contribution in [0.4, 0.5) is 0 Å². The highest BCUT2D eigenvalue weighted by molar-refractivity contribution is 6.99. The summed E-state index contributed by atoms with van der Waals surface area (Å²) in [6, 6.07) is 21.4. The number of benzene rings is 2. The summed E-state index contributed by atoms with van der Waals surface area (Å²) in [5.74, 6) is 0. The van der Waals surface area contributed by atoms with Gasteiger partial charge in [-0.05, 0) is 22.3 Å². The molecule has 2 rings (SSSR count). The highest BCUT2D eigenvalue weighted by atomic mass is 28.4. The first kappa shape index (κ1) is 16.7. The lowest BCUT2D eigenvalue weighted by atomic mass is 10.2. The summed E-state index contributed by atoms with van der Waals surface area (Å²) in [5.41, 5.74) is 1.06. The SMILES string of the molecule is C=C(C)CO[Si](c1ccccc1)(c1ccccc1)C(C)(C)C. The van der Waals surface area contributed by atoms with E-state index in [9.17, 15) is 0 Å². The molecule has 0 saturated carbocycles. The Kier molecular flexibility index (Phi) is 5.04. The zero-order valence-electron chi connectivity index (χ0n) is 14.1. The number of hydrogen-bond donors (Lipinski definition) is 0. The van der Waals surface area contributed by atoms with Crippen molar-refractivity contribution in [1.29, 1.82) is 0 Å². The molecular formula is C20H26OSi. The van der Waals surface area contributed by atoms with Gasteiger partial charge < -0.3 is 4.43 Å². The Morgan fingerprint density at radius 1 is 0.909 bits per heavy atom. The molecule has 0 saturated heterocycles. The fourth-order valence-electron chi connectivity index (χ4n) is 2.99. The molecule has 0 fully saturated rings. The molecule has 0 heterocycles. The Morgan fingerprint density at radius 2 is 1.32 bits per heavy atom. The molecule has 2 aromatic carbocycles. The van der Waals surface area contributed by atoms with Crippen molar-refractivity contribution in [3.8, 4) is 0 Å². The summed E-state index contributed by atoms with van der Waals surface area (Å²) in [6.07, 6.45) is 0. The average molecular weight is 311 g/mol. The van der Waals surface area contributed by atoms with Crippen LogP contribution in [0.25, 0.3) is 0 Å². The average Bonchev–Trinajstić information content (AvgIpc) is 2.48. The Morgan fingerprint density at radius 3 is 1.64 bits per heavy atom. The van der Waals surface area contributed by atoms with Crippen LogP contribution in [0.5, 0.6) is 0 Å². The van der Waals surface area contributed by atoms with Crippen molar-refractivity contribution in [3.05, 3.63) is 72.8 Å². The van der Waals surface area contributed by atoms with Crippen LogP contribution in [0.2, 0.25) is 5.04 Å². The van der Waals surface area contributed by atoms with Crippen molar-refractivity contribution in [2.75, 3.05) is 6.61 Å². The smallest absolute Gasteiger partial charge is 0.261 e. The van der Waals surface area contributed by atoms with Gasteiger partial charge in [0.25, 0.3) is 8.32 Å². The van der Waals surface area contributed by atoms with Gasteiger partial charge in [-0.3, -0.25) is 0 Å². The molecule has 0 atom stereocenters. The second-order valence-electron chi connectivity index (χ2n) is 6.91. The molecule has 2 heteroatoms. The topological polar surface area (TPSA) is 9.23 Å². The van der Waals surface area contributed by atoms with Crippen LogP contribution in [0.15, 0.2) is 72.8 Å². The van der Waals surface area contributed by atoms with Gasteiger partial charge in [0.15, 0.2) is 0 Å². The monoisotopic (exact) mass is 310 g/mol. The third-order valence-corrected chi connectivity index (χ3v) is 8.93. The second-order valence-corrected chi connectivity index (χ2v) is 11.2. The molecule has 22 heavy (non-hydrogen) atoms. The first-order valence-electron chi connectivity index (χ1n) is 7.77. The van der Waals surface area contributed by atoms with Crippen molar-refractivity contribution >= 4 is 18.7 Å². The molecule has 0 aromatic heterocycles. The Balaban J connectivity index is 2.67. The maximum atomic E-state index is 6.67. The van der Waals surface area contributed by atoms with E-state index in [1.165, 1.54) is 10.4 Å². The maximum absolute atomic E-state index is 6.67. The second kappa shape index (κ2) is 6.63. The molecule has 0 aliphatic rings. The minimum Gasteiger partial charge on any atom is -0.403 e. The minimum atomic E-state index is -2.37. The predicted molar refractivity (Wildman–Crippen MR) is 98.4 cm³/mol. The van der Waals surface area contributed by atoms with E-state index in [4.69, 9.17) is 4.43 Å². The summed E-state index contributed by atoms with van der Waals surface area (Å²) in [5, 5.41) is 2.66. The van der Waals surface area contributed by atoms with Crippen LogP contribution in [0, 0.1) is 0 Å². The molecule has 0 aliphatic carbocycles. The van der Waals surface area contributed by atoms with Gasteiger partial charge in [0.05, 0.1) is 6.61 Å². The third-order valence-electron chi connectivity index (χ3n) is 3.95. The maximum Gasteiger partial charge on any atom is 0.261 e. The van der Waals surface area contributed by atoms with E-state index in [0.717, 1.165) is 5.57 Å². The van der Waals surface area contributed by atoms with Gasteiger partial charge in [0.2, 0.25) is 0 Å². The van der Waals surface area contributed by atoms with Gasteiger partial charge in [-0.15, -0.1) is 0 Å². The molecule has 1 nitrogen and oxygen atoms in total. The van der Waals surface area contributed by atoms with E-state index in [0.29, 0.717) is 6.61 Å². The molecule has 0 amide bonds. The summed E-state index contributed by atoms with van der Waals surface area (Å²) in [6.45, 7) is 13.5. The van der Waals surface area contributed by atoms with E-state index in [2.05, 4.69) is 88.0 Å². The standard InChI is InChI=1S/C20H26OSi/c1-17(2)16-21-22(20(3,4)5,18-12-8-6-9-13-18)19-14-10-7-11-15-19/h6-15H,1,16H2,2-5H3. The minimum absolute atomic E-state index is 0.0329. The van der Waals surface area contributed by atoms with Crippen LogP contribution in [-0.2, 0) is 4.43 Å². The first-order chi connectivity index (χ1) is 10.4. The first-order valence-corrected chi connectivity index (χ1v) is 9.68. The van der Waals surface area contributed by atoms with Crippen LogP contribution < -0.4 is 10.4 Å². The zero-order chi connectivity index (χ0) is 16.2. The van der Waals surface area contributed by atoms with Gasteiger partial charge in [-0.25, -0.2) is 0 Å². The normalized spacial score (nSPS) is 12.2. The Hall–Kier alpha value is -1.64. The van der Waals surface area contributed by atoms with E-state index >= 15 is 0 Å². The van der Waals surface area contributed by atoms with E-state index in [1.54, 1.807) is 0 Å². The quantitative estimate of drug-likeness (QED) is 0.596. The lowest BCUT2D eigenvalue weighted by Crippen LogP contribution is -2.66. The molecule has 0 N–H and O–H groups in total. The molecule has 2 aromatic rings. The lowest BCUT2D eigenvalue weighted by molar-refractivity contribution is 0.330. The molecular weight excluding hydrogens is 284 g/mol. The summed E-state index contributed by atoms with van der Waals surface area (Å²) < 4.78 is 6.67. The van der Waals surface area contributed by atoms with Gasteiger partial charge in [-0.2, -0.15) is 0 Å². The highest BCUT2D eigenvalue weighted by Gasteiger charge is 2.49. The van der Waals surface area contributed by atoms with Crippen molar-refractivity contribution in [3.63, 3.8) is 0 Å². The van der Waals surface area contributed by atoms with Crippen molar-refractivity contribution in [2.45, 2.75) is 32.7 Å². The Bertz CT molecular complexity index is 572. The summed E-state index contributed by atoms with van der Waals surface area (Å²) in [7, 11) is -2.37. The summed E-state index contributed by atoms with van der Waals surface area (Å²) in [4.78, 5) is 0. The summed E-state index contributed by atoms with van der Waals surface area (Å²) >= 11 is 0. The largest absolute Gasteiger partial charge is 0.403 e. The molecule has 116 valence electrons. The van der Waals surface area contributed by atoms with Crippen LogP contribution >= 0.6 is 0 Å². The van der Waals surface area contributed by atoms with E-state index in [-0.39, 0.29) is 5.04 Å². The fourth-order valence-corrected chi connectivity index (χ4v) is 7.61. The van der Waals surface area contributed by atoms with Crippen molar-refractivity contribution in [1.82, 2.24) is 0 Å². The van der Waals surface area contributed by atoms with Gasteiger partial charge in [0.1, 0.15) is 0 Å². The fraction of sp³-hybridized carbons (Fsp3) is 0.300. The Labute approximate surface area is 135 Å². The van der Waals surface area contributed by atoms with Gasteiger partial charge >= 0.3 is 0 Å². The molecule has 0 unspecified atom stereocenters. The third kappa shape index (κ3) is 3.23. The molecule has 0 radical (unpaired) electrons. The van der Waals surface area contributed by atoms with Crippen LogP contribution in [0.3, 0.4) is 0 Å². The van der Waals surface area contributed by atoms with Crippen molar-refractivity contribution in [2.24, 2.45) is 0 Å². The van der Waals surface area contributed by atoms with Crippen molar-refractivity contribution < 1.29 is 4.43 Å². The number of rotatable bonds is 5. The molecule has 0 aliphatic heterocycles. The van der Waals surface area contributed by atoms with Crippen LogP contribution in [-0.4, -0.2) is 14.9 Å². The molecule has 0 bridgehead atoms. The van der Waals surface area contributed by atoms with E-state index < -0.39 is 8.32 Å². The lowest BCUT2D eigenvalue weighted by Gasteiger charge is -2.43. The molecule has 0 spiro atoms. The highest BCUT2D eigenvalue weighted by Crippen LogP contribution is 2.36. The van der Waals surface area contributed by atoms with Crippen LogP contribution in [0.1, 0.15) is 27.7 Å². The van der Waals surface area contributed by atoms with Gasteiger partial charge in [-0.1, -0.05) is 93.6 Å². The van der Waals surface area contributed by atoms with E-state index in [1.807, 2.05) is 6.92 Å². The number of hydrogen-bond acceptors (Lipinski definition) is 1. The zero-order valence-corrected chi connectivity index (χ0v) is 15.1. The van der Waals surface area contributed by atoms with Gasteiger partial charge in [0, 0.05) is 0 Å².